The summed E-state index contributed by atoms with van der Waals surface area (Å²) in [7, 11) is -3.76. The van der Waals surface area contributed by atoms with Gasteiger partial charge in [0.1, 0.15) is 5.76 Å². The number of furan rings is 1. The lowest BCUT2D eigenvalue weighted by molar-refractivity contribution is 0.0980. The Morgan fingerprint density at radius 3 is 2.52 bits per heavy atom. The minimum Gasteiger partial charge on any atom is -0.469 e. The molecular formula is C15H17NO4S. The van der Waals surface area contributed by atoms with Crippen LogP contribution < -0.4 is 4.72 Å². The van der Waals surface area contributed by atoms with Crippen molar-refractivity contribution in [2.75, 3.05) is 0 Å². The molecule has 5 nitrogen and oxygen atoms in total. The van der Waals surface area contributed by atoms with Crippen LogP contribution in [0.25, 0.3) is 0 Å². The van der Waals surface area contributed by atoms with Crippen molar-refractivity contribution in [2.45, 2.75) is 26.5 Å². The van der Waals surface area contributed by atoms with Crippen molar-refractivity contribution in [3.05, 3.63) is 58.5 Å². The number of sulfonamides is 1. The quantitative estimate of drug-likeness (QED) is 0.941. The summed E-state index contributed by atoms with van der Waals surface area (Å²) in [5.74, 6) is -0.524. The average molecular weight is 307 g/mol. The second kappa shape index (κ2) is 5.73. The summed E-state index contributed by atoms with van der Waals surface area (Å²) < 4.78 is 31.3. The third kappa shape index (κ3) is 3.72. The molecule has 2 aromatic rings. The summed E-state index contributed by atoms with van der Waals surface area (Å²) >= 11 is 0. The van der Waals surface area contributed by atoms with Crippen LogP contribution in [0.5, 0.6) is 0 Å². The van der Waals surface area contributed by atoms with Gasteiger partial charge in [-0.1, -0.05) is 23.8 Å². The molecule has 1 amide bonds. The Morgan fingerprint density at radius 2 is 1.90 bits per heavy atom. The number of carbonyl (C=O) groups is 1. The number of hydrogen-bond acceptors (Lipinski definition) is 4. The van der Waals surface area contributed by atoms with Crippen LogP contribution in [0.3, 0.4) is 0 Å². The lowest BCUT2D eigenvalue weighted by atomic mass is 10.1. The van der Waals surface area contributed by atoms with Crippen LogP contribution in [0.4, 0.5) is 0 Å². The predicted molar refractivity (Wildman–Crippen MR) is 79.5 cm³/mol. The van der Waals surface area contributed by atoms with E-state index in [0.717, 1.165) is 11.1 Å². The summed E-state index contributed by atoms with van der Waals surface area (Å²) in [6.45, 7) is 5.33. The maximum Gasteiger partial charge on any atom is 0.268 e. The average Bonchev–Trinajstić information content (AvgIpc) is 2.79. The Balaban J connectivity index is 2.18. The Hall–Kier alpha value is -2.08. The molecule has 0 radical (unpaired) electrons. The zero-order valence-corrected chi connectivity index (χ0v) is 13.0. The van der Waals surface area contributed by atoms with E-state index >= 15 is 0 Å². The van der Waals surface area contributed by atoms with E-state index < -0.39 is 15.9 Å². The molecule has 0 unspecified atom stereocenters. The van der Waals surface area contributed by atoms with E-state index in [4.69, 9.17) is 4.42 Å². The van der Waals surface area contributed by atoms with Crippen molar-refractivity contribution in [1.29, 1.82) is 0 Å². The number of carbonyl (C=O) groups excluding carboxylic acids is 1. The molecular weight excluding hydrogens is 290 g/mol. The monoisotopic (exact) mass is 307 g/mol. The Bertz CT molecular complexity index is 775. The maximum atomic E-state index is 12.1. The van der Waals surface area contributed by atoms with Crippen molar-refractivity contribution in [1.82, 2.24) is 4.72 Å². The van der Waals surface area contributed by atoms with Crippen LogP contribution in [-0.4, -0.2) is 14.3 Å². The molecule has 1 heterocycles. The first-order valence-electron chi connectivity index (χ1n) is 6.43. The highest BCUT2D eigenvalue weighted by molar-refractivity contribution is 7.89. The fourth-order valence-electron chi connectivity index (χ4n) is 2.01. The zero-order valence-electron chi connectivity index (χ0n) is 12.1. The molecule has 1 aromatic heterocycles. The van der Waals surface area contributed by atoms with Gasteiger partial charge in [0.25, 0.3) is 5.91 Å². The third-order valence-electron chi connectivity index (χ3n) is 3.20. The summed E-state index contributed by atoms with van der Waals surface area (Å²) in [5.41, 5.74) is 2.75. The van der Waals surface area contributed by atoms with Gasteiger partial charge in [0.05, 0.1) is 17.6 Å². The number of rotatable bonds is 4. The Labute approximate surface area is 124 Å². The van der Waals surface area contributed by atoms with Gasteiger partial charge in [0, 0.05) is 0 Å². The molecule has 1 N–H and O–H groups in total. The van der Waals surface area contributed by atoms with Gasteiger partial charge in [-0.3, -0.25) is 4.79 Å². The van der Waals surface area contributed by atoms with E-state index in [0.29, 0.717) is 11.3 Å². The maximum absolute atomic E-state index is 12.1. The zero-order chi connectivity index (χ0) is 15.6. The molecule has 0 spiro atoms. The van der Waals surface area contributed by atoms with Crippen molar-refractivity contribution < 1.29 is 17.6 Å². The standard InChI is InChI=1S/C15H17NO4S/c1-10-4-5-11(2)13(8-10)9-21(18,19)16-15(17)14-6-7-20-12(14)3/h4-8H,9H2,1-3H3,(H,16,17). The molecule has 0 aliphatic rings. The van der Waals surface area contributed by atoms with Gasteiger partial charge in [-0.05, 0) is 38.0 Å². The second-order valence-corrected chi connectivity index (χ2v) is 6.73. The van der Waals surface area contributed by atoms with E-state index in [9.17, 15) is 13.2 Å². The fraction of sp³-hybridized carbons (Fsp3) is 0.267. The lowest BCUT2D eigenvalue weighted by Gasteiger charge is -2.09. The van der Waals surface area contributed by atoms with Crippen LogP contribution in [0.2, 0.25) is 0 Å². The van der Waals surface area contributed by atoms with Gasteiger partial charge >= 0.3 is 0 Å². The van der Waals surface area contributed by atoms with Gasteiger partial charge < -0.3 is 4.42 Å². The number of amides is 1. The first-order valence-corrected chi connectivity index (χ1v) is 8.09. The predicted octanol–water partition coefficient (Wildman–Crippen LogP) is 2.46. The van der Waals surface area contributed by atoms with Gasteiger partial charge in [0.15, 0.2) is 0 Å². The Morgan fingerprint density at radius 1 is 1.19 bits per heavy atom. The lowest BCUT2D eigenvalue weighted by Crippen LogP contribution is -2.31. The fourth-order valence-corrected chi connectivity index (χ4v) is 3.20. The highest BCUT2D eigenvalue weighted by atomic mass is 32.2. The molecule has 0 bridgehead atoms. The van der Waals surface area contributed by atoms with Crippen molar-refractivity contribution in [3.63, 3.8) is 0 Å². The van der Waals surface area contributed by atoms with Gasteiger partial charge in [0.2, 0.25) is 10.0 Å². The minimum atomic E-state index is -3.76. The molecule has 112 valence electrons. The summed E-state index contributed by atoms with van der Waals surface area (Å²) in [4.78, 5) is 11.9. The molecule has 0 saturated carbocycles. The second-order valence-electron chi connectivity index (χ2n) is 5.01. The summed E-state index contributed by atoms with van der Waals surface area (Å²) in [6.07, 6.45) is 1.35. The molecule has 0 aliphatic carbocycles. The molecule has 1 aromatic carbocycles. The number of nitrogens with one attached hydrogen (secondary N) is 1. The van der Waals surface area contributed by atoms with E-state index in [1.807, 2.05) is 32.0 Å². The third-order valence-corrected chi connectivity index (χ3v) is 4.39. The highest BCUT2D eigenvalue weighted by Gasteiger charge is 2.20. The highest BCUT2D eigenvalue weighted by Crippen LogP contribution is 2.14. The molecule has 0 fully saturated rings. The molecule has 0 saturated heterocycles. The molecule has 0 atom stereocenters. The normalized spacial score (nSPS) is 11.4. The molecule has 2 rings (SSSR count). The van der Waals surface area contributed by atoms with Crippen molar-refractivity contribution in [3.8, 4) is 0 Å². The topological polar surface area (TPSA) is 76.4 Å². The number of aryl methyl sites for hydroxylation is 3. The number of benzene rings is 1. The van der Waals surface area contributed by atoms with Gasteiger partial charge in [-0.15, -0.1) is 0 Å². The SMILES string of the molecule is Cc1ccc(C)c(CS(=O)(=O)NC(=O)c2ccoc2C)c1. The number of hydrogen-bond donors (Lipinski definition) is 1. The summed E-state index contributed by atoms with van der Waals surface area (Å²) in [6, 6.07) is 7.03. The van der Waals surface area contributed by atoms with Gasteiger partial charge in [-0.25, -0.2) is 13.1 Å². The van der Waals surface area contributed by atoms with Crippen LogP contribution >= 0.6 is 0 Å². The Kier molecular flexibility index (Phi) is 4.18. The summed E-state index contributed by atoms with van der Waals surface area (Å²) in [5, 5.41) is 0. The smallest absolute Gasteiger partial charge is 0.268 e. The van der Waals surface area contributed by atoms with Crippen LogP contribution in [0.15, 0.2) is 34.9 Å². The molecule has 21 heavy (non-hydrogen) atoms. The van der Waals surface area contributed by atoms with E-state index in [1.165, 1.54) is 12.3 Å². The van der Waals surface area contributed by atoms with Crippen LogP contribution in [-0.2, 0) is 15.8 Å². The van der Waals surface area contributed by atoms with E-state index in [-0.39, 0.29) is 11.3 Å². The van der Waals surface area contributed by atoms with Crippen molar-refractivity contribution >= 4 is 15.9 Å². The van der Waals surface area contributed by atoms with Crippen LogP contribution in [0, 0.1) is 20.8 Å². The van der Waals surface area contributed by atoms with Crippen LogP contribution in [0.1, 0.15) is 32.8 Å². The minimum absolute atomic E-state index is 0.222. The first-order chi connectivity index (χ1) is 9.78. The van der Waals surface area contributed by atoms with Gasteiger partial charge in [-0.2, -0.15) is 0 Å². The molecule has 0 aliphatic heterocycles. The van der Waals surface area contributed by atoms with Crippen molar-refractivity contribution in [2.24, 2.45) is 0 Å². The first kappa shape index (κ1) is 15.3. The largest absolute Gasteiger partial charge is 0.469 e. The molecule has 6 heteroatoms. The van der Waals surface area contributed by atoms with E-state index in [2.05, 4.69) is 4.72 Å². The van der Waals surface area contributed by atoms with E-state index in [1.54, 1.807) is 6.92 Å².